The minimum atomic E-state index is -1.07. The summed E-state index contributed by atoms with van der Waals surface area (Å²) in [7, 11) is 1.86. The van der Waals surface area contributed by atoms with E-state index in [1.54, 1.807) is 30.3 Å². The van der Waals surface area contributed by atoms with E-state index in [-0.39, 0.29) is 17.1 Å². The lowest BCUT2D eigenvalue weighted by Crippen LogP contribution is -2.18. The number of nitrogens with one attached hydrogen (secondary N) is 1. The summed E-state index contributed by atoms with van der Waals surface area (Å²) in [4.78, 5) is 13.1. The molecule has 1 N–H and O–H groups in total. The molecule has 1 unspecified atom stereocenters. The number of carbonyl (C=O) groups is 1. The molecule has 1 amide bonds. The molecule has 0 saturated carbocycles. The van der Waals surface area contributed by atoms with Gasteiger partial charge in [0.25, 0.3) is 5.91 Å². The van der Waals surface area contributed by atoms with Crippen molar-refractivity contribution in [3.05, 3.63) is 65.1 Å². The van der Waals surface area contributed by atoms with Gasteiger partial charge in [-0.05, 0) is 36.4 Å². The first-order valence-electron chi connectivity index (χ1n) is 8.76. The number of fused-ring (bicyclic) bond motifs is 1. The van der Waals surface area contributed by atoms with E-state index in [0.717, 1.165) is 0 Å². The minimum Gasteiger partial charge on any atom is -0.496 e. The zero-order chi connectivity index (χ0) is 20.5. The Kier molecular flexibility index (Phi) is 5.06. The number of rotatable bonds is 5. The molecule has 3 aromatic rings. The Hall–Kier alpha value is -3.20. The number of amides is 1. The molecule has 9 heteroatoms. The molecule has 29 heavy (non-hydrogen) atoms. The normalized spacial score (nSPS) is 15.1. The highest BCUT2D eigenvalue weighted by Crippen LogP contribution is 2.34. The van der Waals surface area contributed by atoms with E-state index in [9.17, 15) is 13.4 Å². The molecule has 150 valence electrons. The second-order valence-electron chi connectivity index (χ2n) is 6.38. The van der Waals surface area contributed by atoms with E-state index < -0.39 is 16.7 Å². The molecule has 2 heterocycles. The van der Waals surface area contributed by atoms with Crippen LogP contribution in [0.5, 0.6) is 11.5 Å². The van der Waals surface area contributed by atoms with Crippen LogP contribution in [0.1, 0.15) is 21.6 Å². The number of anilines is 1. The zero-order valence-corrected chi connectivity index (χ0v) is 16.6. The van der Waals surface area contributed by atoms with Gasteiger partial charge in [0.2, 0.25) is 0 Å². The predicted octanol–water partition coefficient (Wildman–Crippen LogP) is 3.04. The summed E-state index contributed by atoms with van der Waals surface area (Å²) in [5.74, 6) is 0.877. The first-order valence-corrected chi connectivity index (χ1v) is 10.2. The summed E-state index contributed by atoms with van der Waals surface area (Å²) in [6.45, 7) is 0. The van der Waals surface area contributed by atoms with Crippen molar-refractivity contribution in [1.82, 2.24) is 9.78 Å². The molecule has 0 radical (unpaired) electrons. The van der Waals surface area contributed by atoms with Crippen LogP contribution in [0, 0.1) is 5.82 Å². The number of carbonyl (C=O) groups excluding carboxylic acids is 1. The smallest absolute Gasteiger partial charge is 0.264 e. The fraction of sp³-hybridized carbons (Fsp3) is 0.200. The molecular formula is C20H18FN3O4S. The highest BCUT2D eigenvalue weighted by molar-refractivity contribution is 7.83. The lowest BCUT2D eigenvalue weighted by atomic mass is 10.1. The molecule has 1 aliphatic rings. The van der Waals surface area contributed by atoms with Gasteiger partial charge in [-0.1, -0.05) is 6.07 Å². The SMILES string of the molecule is COc1cccc(OC)c1C(=O)Nc1c2c(nn1-c1ccc(F)cc1)CS(=O)C2. The van der Waals surface area contributed by atoms with Crippen LogP contribution in [0.25, 0.3) is 5.69 Å². The van der Waals surface area contributed by atoms with Crippen LogP contribution in [0.3, 0.4) is 0 Å². The molecule has 0 spiro atoms. The predicted molar refractivity (Wildman–Crippen MR) is 107 cm³/mol. The van der Waals surface area contributed by atoms with E-state index in [1.807, 2.05) is 0 Å². The molecule has 0 saturated heterocycles. The molecular weight excluding hydrogens is 397 g/mol. The van der Waals surface area contributed by atoms with Crippen molar-refractivity contribution in [2.45, 2.75) is 11.5 Å². The van der Waals surface area contributed by atoms with Crippen molar-refractivity contribution in [2.24, 2.45) is 0 Å². The largest absolute Gasteiger partial charge is 0.496 e. The molecule has 2 aromatic carbocycles. The van der Waals surface area contributed by atoms with Crippen LogP contribution in [0.15, 0.2) is 42.5 Å². The number of ether oxygens (including phenoxy) is 2. The van der Waals surface area contributed by atoms with Gasteiger partial charge < -0.3 is 14.8 Å². The third-order valence-corrected chi connectivity index (χ3v) is 5.83. The van der Waals surface area contributed by atoms with Crippen molar-refractivity contribution in [2.75, 3.05) is 19.5 Å². The fourth-order valence-corrected chi connectivity index (χ4v) is 4.53. The number of benzene rings is 2. The summed E-state index contributed by atoms with van der Waals surface area (Å²) >= 11 is 0. The Morgan fingerprint density at radius 2 is 1.76 bits per heavy atom. The lowest BCUT2D eigenvalue weighted by Gasteiger charge is -2.15. The zero-order valence-electron chi connectivity index (χ0n) is 15.8. The third kappa shape index (κ3) is 3.49. The monoisotopic (exact) mass is 415 g/mol. The fourth-order valence-electron chi connectivity index (χ4n) is 3.27. The van der Waals surface area contributed by atoms with Gasteiger partial charge in [0.15, 0.2) is 0 Å². The second kappa shape index (κ2) is 7.67. The average Bonchev–Trinajstić information content (AvgIpc) is 3.24. The minimum absolute atomic E-state index is 0.234. The van der Waals surface area contributed by atoms with E-state index in [1.165, 1.54) is 31.0 Å². The van der Waals surface area contributed by atoms with Crippen LogP contribution in [0.4, 0.5) is 10.2 Å². The molecule has 0 aliphatic carbocycles. The first-order chi connectivity index (χ1) is 14.0. The molecule has 1 aromatic heterocycles. The van der Waals surface area contributed by atoms with Gasteiger partial charge >= 0.3 is 0 Å². The van der Waals surface area contributed by atoms with Crippen molar-refractivity contribution < 1.29 is 22.9 Å². The summed E-state index contributed by atoms with van der Waals surface area (Å²) in [5.41, 5.74) is 2.16. The summed E-state index contributed by atoms with van der Waals surface area (Å²) in [6.07, 6.45) is 0. The summed E-state index contributed by atoms with van der Waals surface area (Å²) < 4.78 is 37.5. The molecule has 1 atom stereocenters. The maximum Gasteiger partial charge on any atom is 0.264 e. The third-order valence-electron chi connectivity index (χ3n) is 4.63. The van der Waals surface area contributed by atoms with E-state index in [0.29, 0.717) is 40.0 Å². The molecule has 0 bridgehead atoms. The number of aromatic nitrogens is 2. The van der Waals surface area contributed by atoms with Crippen LogP contribution < -0.4 is 14.8 Å². The van der Waals surface area contributed by atoms with Gasteiger partial charge in [-0.15, -0.1) is 0 Å². The van der Waals surface area contributed by atoms with Gasteiger partial charge in [-0.2, -0.15) is 5.10 Å². The van der Waals surface area contributed by atoms with Gasteiger partial charge in [-0.3, -0.25) is 9.00 Å². The van der Waals surface area contributed by atoms with Crippen molar-refractivity contribution >= 4 is 22.5 Å². The lowest BCUT2D eigenvalue weighted by molar-refractivity contribution is 0.102. The first kappa shape index (κ1) is 19.1. The average molecular weight is 415 g/mol. The number of methoxy groups -OCH3 is 2. The maximum atomic E-state index is 13.3. The van der Waals surface area contributed by atoms with E-state index in [2.05, 4.69) is 10.4 Å². The highest BCUT2D eigenvalue weighted by Gasteiger charge is 2.29. The molecule has 0 fully saturated rings. The molecule has 1 aliphatic heterocycles. The van der Waals surface area contributed by atoms with Gasteiger partial charge in [0, 0.05) is 16.4 Å². The van der Waals surface area contributed by atoms with Crippen molar-refractivity contribution in [3.8, 4) is 17.2 Å². The van der Waals surface area contributed by atoms with Crippen molar-refractivity contribution in [1.29, 1.82) is 0 Å². The number of hydrogen-bond acceptors (Lipinski definition) is 5. The summed E-state index contributed by atoms with van der Waals surface area (Å²) in [5, 5.41) is 7.36. The van der Waals surface area contributed by atoms with Crippen LogP contribution in [-0.2, 0) is 22.3 Å². The highest BCUT2D eigenvalue weighted by atomic mass is 32.2. The maximum absolute atomic E-state index is 13.3. The van der Waals surface area contributed by atoms with E-state index in [4.69, 9.17) is 9.47 Å². The van der Waals surface area contributed by atoms with E-state index >= 15 is 0 Å². The standard InChI is InChI=1S/C20H18FN3O4S/c1-27-16-4-3-5-17(28-2)18(16)20(25)22-19-14-10-29(26)11-15(14)23-24(19)13-8-6-12(21)7-9-13/h3-9H,10-11H2,1-2H3,(H,22,25). The van der Waals surface area contributed by atoms with Gasteiger partial charge in [0.05, 0.1) is 37.1 Å². The van der Waals surface area contributed by atoms with Gasteiger partial charge in [0.1, 0.15) is 28.7 Å². The summed E-state index contributed by atoms with van der Waals surface area (Å²) in [6, 6.07) is 10.8. The number of hydrogen-bond donors (Lipinski definition) is 1. The van der Waals surface area contributed by atoms with Crippen LogP contribution in [0.2, 0.25) is 0 Å². The van der Waals surface area contributed by atoms with Crippen LogP contribution >= 0.6 is 0 Å². The van der Waals surface area contributed by atoms with Crippen LogP contribution in [-0.4, -0.2) is 34.1 Å². The second-order valence-corrected chi connectivity index (χ2v) is 7.84. The Balaban J connectivity index is 1.79. The Labute approximate surface area is 168 Å². The quantitative estimate of drug-likeness (QED) is 0.693. The topological polar surface area (TPSA) is 82.4 Å². The Morgan fingerprint density at radius 1 is 1.10 bits per heavy atom. The molecule has 7 nitrogen and oxygen atoms in total. The van der Waals surface area contributed by atoms with Crippen molar-refractivity contribution in [3.63, 3.8) is 0 Å². The Bertz CT molecular complexity index is 1090. The number of halogens is 1. The molecule has 4 rings (SSSR count). The van der Waals surface area contributed by atoms with Gasteiger partial charge in [-0.25, -0.2) is 9.07 Å². The number of nitrogens with zero attached hydrogens (tertiary/aromatic N) is 2. The Morgan fingerprint density at radius 3 is 2.38 bits per heavy atom.